The largest absolute Gasteiger partial charge is 0.364 e. The Kier molecular flexibility index (Phi) is 4.01. The summed E-state index contributed by atoms with van der Waals surface area (Å²) in [5, 5.41) is 0. The van der Waals surface area contributed by atoms with Gasteiger partial charge in [0, 0.05) is 12.0 Å². The van der Waals surface area contributed by atoms with Crippen molar-refractivity contribution in [3.05, 3.63) is 77.7 Å². The zero-order chi connectivity index (χ0) is 15.4. The molecule has 110 valence electrons. The van der Waals surface area contributed by atoms with Gasteiger partial charge in [-0.15, -0.1) is 0 Å². The first-order valence-corrected chi connectivity index (χ1v) is 7.22. The molecule has 0 saturated heterocycles. The van der Waals surface area contributed by atoms with Crippen molar-refractivity contribution in [3.8, 4) is 11.3 Å². The number of nitrogens with zero attached hydrogens (tertiary/aromatic N) is 1. The number of primary amides is 1. The Morgan fingerprint density at radius 3 is 2.23 bits per heavy atom. The lowest BCUT2D eigenvalue weighted by Gasteiger charge is -1.98. The van der Waals surface area contributed by atoms with Crippen molar-refractivity contribution in [1.82, 2.24) is 9.97 Å². The van der Waals surface area contributed by atoms with Gasteiger partial charge in [0.15, 0.2) is 0 Å². The molecule has 0 atom stereocenters. The van der Waals surface area contributed by atoms with E-state index in [1.807, 2.05) is 48.5 Å². The maximum absolute atomic E-state index is 11.6. The Labute approximate surface area is 129 Å². The average Bonchev–Trinajstić information content (AvgIpc) is 2.99. The molecule has 2 aromatic carbocycles. The van der Waals surface area contributed by atoms with E-state index >= 15 is 0 Å². The van der Waals surface area contributed by atoms with Gasteiger partial charge < -0.3 is 10.7 Å². The summed E-state index contributed by atoms with van der Waals surface area (Å²) < 4.78 is 0. The molecule has 0 aliphatic heterocycles. The second-order valence-corrected chi connectivity index (χ2v) is 5.12. The highest BCUT2D eigenvalue weighted by Gasteiger charge is 2.16. The Hall–Kier alpha value is -2.88. The van der Waals surface area contributed by atoms with Crippen LogP contribution in [0.15, 0.2) is 60.7 Å². The van der Waals surface area contributed by atoms with E-state index in [9.17, 15) is 4.79 Å². The van der Waals surface area contributed by atoms with Gasteiger partial charge >= 0.3 is 0 Å². The first kappa shape index (κ1) is 14.1. The zero-order valence-corrected chi connectivity index (χ0v) is 12.1. The maximum atomic E-state index is 11.6. The van der Waals surface area contributed by atoms with E-state index in [4.69, 9.17) is 5.73 Å². The van der Waals surface area contributed by atoms with Crippen LogP contribution in [0.1, 0.15) is 21.9 Å². The number of H-pyrrole nitrogens is 1. The molecule has 1 amide bonds. The number of carbonyl (C=O) groups is 1. The summed E-state index contributed by atoms with van der Waals surface area (Å²) in [6.07, 6.45) is 1.60. The van der Waals surface area contributed by atoms with Crippen LogP contribution >= 0.6 is 0 Å². The standard InChI is InChI=1S/C18H17N3O/c19-18(22)17-16(14-9-5-2-6-10-14)20-15(21-17)12-11-13-7-3-1-4-8-13/h1-10H,11-12H2,(H2,19,22)(H,20,21). The molecular weight excluding hydrogens is 274 g/mol. The lowest BCUT2D eigenvalue weighted by atomic mass is 10.1. The minimum absolute atomic E-state index is 0.370. The molecule has 1 heterocycles. The molecule has 1 aromatic heterocycles. The molecule has 3 N–H and O–H groups in total. The van der Waals surface area contributed by atoms with Crippen LogP contribution in [0.2, 0.25) is 0 Å². The Bertz CT molecular complexity index is 764. The normalized spacial score (nSPS) is 10.5. The lowest BCUT2D eigenvalue weighted by Crippen LogP contribution is -2.12. The monoisotopic (exact) mass is 291 g/mol. The second kappa shape index (κ2) is 6.26. The number of aromatic amines is 1. The molecule has 3 rings (SSSR count). The van der Waals surface area contributed by atoms with Crippen molar-refractivity contribution in [3.63, 3.8) is 0 Å². The number of amides is 1. The number of rotatable bonds is 5. The predicted octanol–water partition coefficient (Wildman–Crippen LogP) is 2.96. The van der Waals surface area contributed by atoms with Crippen LogP contribution in [0.25, 0.3) is 11.3 Å². The molecule has 0 saturated carbocycles. The van der Waals surface area contributed by atoms with Crippen molar-refractivity contribution < 1.29 is 4.79 Å². The van der Waals surface area contributed by atoms with Gasteiger partial charge in [0.1, 0.15) is 17.2 Å². The highest BCUT2D eigenvalue weighted by atomic mass is 16.1. The summed E-state index contributed by atoms with van der Waals surface area (Å²) in [6, 6.07) is 19.8. The molecular formula is C18H17N3O. The number of benzene rings is 2. The van der Waals surface area contributed by atoms with E-state index in [-0.39, 0.29) is 0 Å². The number of hydrogen-bond donors (Lipinski definition) is 2. The van der Waals surface area contributed by atoms with Gasteiger partial charge in [-0.3, -0.25) is 4.79 Å². The van der Waals surface area contributed by atoms with E-state index < -0.39 is 5.91 Å². The van der Waals surface area contributed by atoms with Gasteiger partial charge in [-0.05, 0) is 12.0 Å². The summed E-state index contributed by atoms with van der Waals surface area (Å²) in [5.74, 6) is 0.286. The third-order valence-electron chi connectivity index (χ3n) is 3.54. The van der Waals surface area contributed by atoms with Crippen LogP contribution in [0.3, 0.4) is 0 Å². The van der Waals surface area contributed by atoms with Crippen molar-refractivity contribution in [1.29, 1.82) is 0 Å². The molecule has 0 fully saturated rings. The summed E-state index contributed by atoms with van der Waals surface area (Å²) in [6.45, 7) is 0. The number of aromatic nitrogens is 2. The SMILES string of the molecule is NC(=O)c1[nH]c(CCc2ccccc2)nc1-c1ccccc1. The molecule has 0 unspecified atom stereocenters. The highest BCUT2D eigenvalue weighted by Crippen LogP contribution is 2.21. The molecule has 3 aromatic rings. The number of aryl methyl sites for hydroxylation is 2. The minimum Gasteiger partial charge on any atom is -0.364 e. The van der Waals surface area contributed by atoms with Gasteiger partial charge in [0.2, 0.25) is 0 Å². The van der Waals surface area contributed by atoms with Crippen LogP contribution < -0.4 is 5.73 Å². The molecule has 0 radical (unpaired) electrons. The molecule has 0 spiro atoms. The third-order valence-corrected chi connectivity index (χ3v) is 3.54. The average molecular weight is 291 g/mol. The van der Waals surface area contributed by atoms with Gasteiger partial charge in [-0.2, -0.15) is 0 Å². The molecule has 4 heteroatoms. The number of hydrogen-bond acceptors (Lipinski definition) is 2. The van der Waals surface area contributed by atoms with E-state index in [2.05, 4.69) is 22.1 Å². The van der Waals surface area contributed by atoms with Crippen molar-refractivity contribution in [2.24, 2.45) is 5.73 Å². The summed E-state index contributed by atoms with van der Waals surface area (Å²) in [4.78, 5) is 19.3. The maximum Gasteiger partial charge on any atom is 0.267 e. The Morgan fingerprint density at radius 1 is 0.955 bits per heavy atom. The smallest absolute Gasteiger partial charge is 0.267 e. The molecule has 22 heavy (non-hydrogen) atoms. The van der Waals surface area contributed by atoms with Crippen molar-refractivity contribution in [2.45, 2.75) is 12.8 Å². The van der Waals surface area contributed by atoms with E-state index in [0.29, 0.717) is 11.4 Å². The van der Waals surface area contributed by atoms with E-state index in [1.54, 1.807) is 0 Å². The zero-order valence-electron chi connectivity index (χ0n) is 12.1. The molecule has 0 aliphatic carbocycles. The van der Waals surface area contributed by atoms with Crippen molar-refractivity contribution in [2.75, 3.05) is 0 Å². The second-order valence-electron chi connectivity index (χ2n) is 5.12. The fraction of sp³-hybridized carbons (Fsp3) is 0.111. The third kappa shape index (κ3) is 3.06. The fourth-order valence-electron chi connectivity index (χ4n) is 2.43. The fourth-order valence-corrected chi connectivity index (χ4v) is 2.43. The Morgan fingerprint density at radius 2 is 1.59 bits per heavy atom. The Balaban J connectivity index is 1.86. The van der Waals surface area contributed by atoms with Crippen LogP contribution in [-0.4, -0.2) is 15.9 Å². The lowest BCUT2D eigenvalue weighted by molar-refractivity contribution is 0.0996. The van der Waals surface area contributed by atoms with Crippen LogP contribution in [-0.2, 0) is 12.8 Å². The van der Waals surface area contributed by atoms with Gasteiger partial charge in [0.05, 0.1) is 0 Å². The summed E-state index contributed by atoms with van der Waals surface area (Å²) in [7, 11) is 0. The molecule has 4 nitrogen and oxygen atoms in total. The minimum atomic E-state index is -0.489. The number of carbonyl (C=O) groups excluding carboxylic acids is 1. The van der Waals surface area contributed by atoms with Gasteiger partial charge in [0.25, 0.3) is 5.91 Å². The predicted molar refractivity (Wildman–Crippen MR) is 86.4 cm³/mol. The van der Waals surface area contributed by atoms with Crippen LogP contribution in [0.4, 0.5) is 0 Å². The van der Waals surface area contributed by atoms with E-state index in [0.717, 1.165) is 24.2 Å². The van der Waals surface area contributed by atoms with Crippen LogP contribution in [0.5, 0.6) is 0 Å². The first-order chi connectivity index (χ1) is 10.7. The highest BCUT2D eigenvalue weighted by molar-refractivity contribution is 5.97. The first-order valence-electron chi connectivity index (χ1n) is 7.22. The quantitative estimate of drug-likeness (QED) is 0.758. The molecule has 0 bridgehead atoms. The van der Waals surface area contributed by atoms with Gasteiger partial charge in [-0.25, -0.2) is 4.98 Å². The topological polar surface area (TPSA) is 71.8 Å². The summed E-state index contributed by atoms with van der Waals surface area (Å²) >= 11 is 0. The molecule has 0 aliphatic rings. The van der Waals surface area contributed by atoms with Crippen molar-refractivity contribution >= 4 is 5.91 Å². The number of imidazole rings is 1. The van der Waals surface area contributed by atoms with Gasteiger partial charge in [-0.1, -0.05) is 60.7 Å². The van der Waals surface area contributed by atoms with E-state index in [1.165, 1.54) is 5.56 Å². The summed E-state index contributed by atoms with van der Waals surface area (Å²) in [5.41, 5.74) is 8.58. The number of nitrogens with two attached hydrogens (primary N) is 1. The number of nitrogens with one attached hydrogen (secondary N) is 1. The van der Waals surface area contributed by atoms with Crippen LogP contribution in [0, 0.1) is 0 Å².